The van der Waals surface area contributed by atoms with Gasteiger partial charge < -0.3 is 10.1 Å². The molecule has 1 aliphatic heterocycles. The van der Waals surface area contributed by atoms with Crippen molar-refractivity contribution in [3.05, 3.63) is 83.2 Å². The standard InChI is InChI=1S/C25H27FN4O2/c1-17-22(25(31)29-20-10-8-19(26)9-11-20)15-27-24(28-17)23-5-3-4-14-30(23)16-18-6-12-21(32-2)13-7-18/h6-13,15,23H,3-5,14,16H2,1-2H3,(H,29,31)/t23-/m1/s1. The molecule has 2 heterocycles. The number of halogens is 1. The minimum Gasteiger partial charge on any atom is -0.497 e. The number of aryl methyl sites for hydroxylation is 1. The molecule has 1 N–H and O–H groups in total. The van der Waals surface area contributed by atoms with Gasteiger partial charge in [0.15, 0.2) is 0 Å². The summed E-state index contributed by atoms with van der Waals surface area (Å²) in [6.07, 6.45) is 4.84. The molecule has 0 bridgehead atoms. The molecule has 1 aliphatic rings. The van der Waals surface area contributed by atoms with Crippen molar-refractivity contribution in [3.8, 4) is 5.75 Å². The number of anilines is 1. The van der Waals surface area contributed by atoms with Gasteiger partial charge >= 0.3 is 0 Å². The molecule has 4 rings (SSSR count). The normalized spacial score (nSPS) is 16.5. The van der Waals surface area contributed by atoms with E-state index < -0.39 is 0 Å². The van der Waals surface area contributed by atoms with Crippen molar-refractivity contribution < 1.29 is 13.9 Å². The molecule has 32 heavy (non-hydrogen) atoms. The second-order valence-electron chi connectivity index (χ2n) is 8.02. The van der Waals surface area contributed by atoms with Crippen LogP contribution in [0.3, 0.4) is 0 Å². The Morgan fingerprint density at radius 3 is 2.59 bits per heavy atom. The summed E-state index contributed by atoms with van der Waals surface area (Å²) in [6, 6.07) is 13.9. The molecule has 1 saturated heterocycles. The second-order valence-corrected chi connectivity index (χ2v) is 8.02. The van der Waals surface area contributed by atoms with Gasteiger partial charge in [0.05, 0.1) is 24.4 Å². The number of rotatable bonds is 6. The van der Waals surface area contributed by atoms with Crippen molar-refractivity contribution in [3.63, 3.8) is 0 Å². The minimum absolute atomic E-state index is 0.110. The fourth-order valence-electron chi connectivity index (χ4n) is 4.04. The Labute approximate surface area is 187 Å². The number of likely N-dealkylation sites (tertiary alicyclic amines) is 1. The highest BCUT2D eigenvalue weighted by molar-refractivity contribution is 6.04. The summed E-state index contributed by atoms with van der Waals surface area (Å²) in [5, 5.41) is 2.77. The van der Waals surface area contributed by atoms with Crippen LogP contribution < -0.4 is 10.1 Å². The maximum atomic E-state index is 13.1. The van der Waals surface area contributed by atoms with Crippen LogP contribution in [0.1, 0.15) is 52.7 Å². The van der Waals surface area contributed by atoms with Gasteiger partial charge in [0, 0.05) is 18.4 Å². The van der Waals surface area contributed by atoms with E-state index >= 15 is 0 Å². The Morgan fingerprint density at radius 2 is 1.91 bits per heavy atom. The molecular weight excluding hydrogens is 407 g/mol. The summed E-state index contributed by atoms with van der Waals surface area (Å²) in [7, 11) is 1.67. The third kappa shape index (κ3) is 5.11. The molecule has 7 heteroatoms. The van der Waals surface area contributed by atoms with Gasteiger partial charge in [0.25, 0.3) is 5.91 Å². The number of carbonyl (C=O) groups excluding carboxylic acids is 1. The van der Waals surface area contributed by atoms with Crippen molar-refractivity contribution in [1.82, 2.24) is 14.9 Å². The van der Waals surface area contributed by atoms with Crippen LogP contribution in [-0.4, -0.2) is 34.4 Å². The van der Waals surface area contributed by atoms with E-state index in [1.807, 2.05) is 19.1 Å². The van der Waals surface area contributed by atoms with Crippen LogP contribution in [0.2, 0.25) is 0 Å². The van der Waals surface area contributed by atoms with E-state index in [9.17, 15) is 9.18 Å². The fourth-order valence-corrected chi connectivity index (χ4v) is 4.04. The number of nitrogens with zero attached hydrogens (tertiary/aromatic N) is 3. The number of amides is 1. The smallest absolute Gasteiger partial charge is 0.259 e. The van der Waals surface area contributed by atoms with Gasteiger partial charge in [0.1, 0.15) is 17.4 Å². The molecular formula is C25H27FN4O2. The van der Waals surface area contributed by atoms with E-state index in [1.54, 1.807) is 13.3 Å². The van der Waals surface area contributed by atoms with Gasteiger partial charge in [0.2, 0.25) is 0 Å². The second kappa shape index (κ2) is 9.87. The lowest BCUT2D eigenvalue weighted by molar-refractivity contribution is 0.102. The highest BCUT2D eigenvalue weighted by Crippen LogP contribution is 2.31. The number of piperidine rings is 1. The Bertz CT molecular complexity index is 1070. The van der Waals surface area contributed by atoms with Gasteiger partial charge in [-0.2, -0.15) is 0 Å². The van der Waals surface area contributed by atoms with Crippen molar-refractivity contribution in [1.29, 1.82) is 0 Å². The third-order valence-electron chi connectivity index (χ3n) is 5.80. The molecule has 3 aromatic rings. The molecule has 1 amide bonds. The Balaban J connectivity index is 1.49. The maximum absolute atomic E-state index is 13.1. The number of hydrogen-bond acceptors (Lipinski definition) is 5. The first-order chi connectivity index (χ1) is 15.5. The lowest BCUT2D eigenvalue weighted by Crippen LogP contribution is -2.34. The summed E-state index contributed by atoms with van der Waals surface area (Å²) >= 11 is 0. The summed E-state index contributed by atoms with van der Waals surface area (Å²) in [4.78, 5) is 24.3. The number of benzene rings is 2. The van der Waals surface area contributed by atoms with Gasteiger partial charge in [-0.15, -0.1) is 0 Å². The van der Waals surface area contributed by atoms with E-state index in [4.69, 9.17) is 9.72 Å². The number of nitrogens with one attached hydrogen (secondary N) is 1. The molecule has 0 aliphatic carbocycles. The SMILES string of the molecule is COc1ccc(CN2CCCC[C@@H]2c2ncc(C(=O)Nc3ccc(F)cc3)c(C)n2)cc1. The third-order valence-corrected chi connectivity index (χ3v) is 5.80. The maximum Gasteiger partial charge on any atom is 0.259 e. The van der Waals surface area contributed by atoms with Crippen molar-refractivity contribution in [2.24, 2.45) is 0 Å². The van der Waals surface area contributed by atoms with Crippen LogP contribution in [0, 0.1) is 12.7 Å². The van der Waals surface area contributed by atoms with Gasteiger partial charge in [-0.05, 0) is 68.3 Å². The van der Waals surface area contributed by atoms with Crippen LogP contribution in [0.5, 0.6) is 5.75 Å². The number of ether oxygens (including phenoxy) is 1. The van der Waals surface area contributed by atoms with Gasteiger partial charge in [-0.1, -0.05) is 18.6 Å². The van der Waals surface area contributed by atoms with E-state index in [0.29, 0.717) is 16.9 Å². The zero-order chi connectivity index (χ0) is 22.5. The zero-order valence-electron chi connectivity index (χ0n) is 18.3. The van der Waals surface area contributed by atoms with E-state index in [2.05, 4.69) is 27.3 Å². The average molecular weight is 435 g/mol. The number of hydrogen-bond donors (Lipinski definition) is 1. The Kier molecular flexibility index (Phi) is 6.75. The number of methoxy groups -OCH3 is 1. The number of aromatic nitrogens is 2. The molecule has 0 unspecified atom stereocenters. The van der Waals surface area contributed by atoms with E-state index in [-0.39, 0.29) is 17.8 Å². The lowest BCUT2D eigenvalue weighted by Gasteiger charge is -2.34. The van der Waals surface area contributed by atoms with Crippen molar-refractivity contribution in [2.75, 3.05) is 19.0 Å². The van der Waals surface area contributed by atoms with Gasteiger partial charge in [-0.3, -0.25) is 9.69 Å². The first-order valence-corrected chi connectivity index (χ1v) is 10.8. The fraction of sp³-hybridized carbons (Fsp3) is 0.320. The van der Waals surface area contributed by atoms with Gasteiger partial charge in [-0.25, -0.2) is 14.4 Å². The summed E-state index contributed by atoms with van der Waals surface area (Å²) in [6.45, 7) is 3.61. The molecule has 1 aromatic heterocycles. The minimum atomic E-state index is -0.349. The van der Waals surface area contributed by atoms with Crippen LogP contribution in [0.4, 0.5) is 10.1 Å². The van der Waals surface area contributed by atoms with Crippen LogP contribution >= 0.6 is 0 Å². The summed E-state index contributed by atoms with van der Waals surface area (Å²) < 4.78 is 18.3. The largest absolute Gasteiger partial charge is 0.497 e. The molecule has 1 fully saturated rings. The molecule has 166 valence electrons. The predicted molar refractivity (Wildman–Crippen MR) is 121 cm³/mol. The Morgan fingerprint density at radius 1 is 1.16 bits per heavy atom. The lowest BCUT2D eigenvalue weighted by atomic mass is 10.00. The molecule has 0 spiro atoms. The molecule has 1 atom stereocenters. The first-order valence-electron chi connectivity index (χ1n) is 10.8. The van der Waals surface area contributed by atoms with E-state index in [1.165, 1.54) is 29.8 Å². The zero-order valence-corrected chi connectivity index (χ0v) is 18.3. The summed E-state index contributed by atoms with van der Waals surface area (Å²) in [5.41, 5.74) is 2.78. The predicted octanol–water partition coefficient (Wildman–Crippen LogP) is 4.91. The molecule has 0 radical (unpaired) electrons. The highest BCUT2D eigenvalue weighted by atomic mass is 19.1. The number of carbonyl (C=O) groups is 1. The molecule has 0 saturated carbocycles. The Hall–Kier alpha value is -3.32. The molecule has 6 nitrogen and oxygen atoms in total. The quantitative estimate of drug-likeness (QED) is 0.597. The highest BCUT2D eigenvalue weighted by Gasteiger charge is 2.27. The topological polar surface area (TPSA) is 67.3 Å². The van der Waals surface area contributed by atoms with E-state index in [0.717, 1.165) is 43.9 Å². The average Bonchev–Trinajstić information content (AvgIpc) is 2.81. The van der Waals surface area contributed by atoms with Crippen molar-refractivity contribution in [2.45, 2.75) is 38.8 Å². The monoisotopic (exact) mass is 434 g/mol. The van der Waals surface area contributed by atoms with Crippen LogP contribution in [0.25, 0.3) is 0 Å². The van der Waals surface area contributed by atoms with Crippen LogP contribution in [0.15, 0.2) is 54.7 Å². The summed E-state index contributed by atoms with van der Waals surface area (Å²) in [5.74, 6) is 0.935. The van der Waals surface area contributed by atoms with Crippen LogP contribution in [-0.2, 0) is 6.54 Å². The molecule has 2 aromatic carbocycles. The van der Waals surface area contributed by atoms with Crippen molar-refractivity contribution >= 4 is 11.6 Å². The first kappa shape index (κ1) is 21.9.